The Kier molecular flexibility index (Phi) is 7.38. The lowest BCUT2D eigenvalue weighted by molar-refractivity contribution is -0.145. The van der Waals surface area contributed by atoms with Gasteiger partial charge in [-0.05, 0) is 19.3 Å². The third-order valence-corrected chi connectivity index (χ3v) is 2.99. The van der Waals surface area contributed by atoms with Crippen molar-refractivity contribution in [2.45, 2.75) is 46.1 Å². The van der Waals surface area contributed by atoms with Crippen LogP contribution < -0.4 is 0 Å². The molecule has 102 valence electrons. The van der Waals surface area contributed by atoms with E-state index in [1.807, 2.05) is 13.8 Å². The smallest absolute Gasteiger partial charge is 0.308 e. The van der Waals surface area contributed by atoms with Gasteiger partial charge in [0.25, 0.3) is 10.1 Å². The Morgan fingerprint density at radius 3 is 2.29 bits per heavy atom. The van der Waals surface area contributed by atoms with Crippen molar-refractivity contribution in [3.8, 4) is 0 Å². The van der Waals surface area contributed by atoms with Crippen LogP contribution in [0.5, 0.6) is 0 Å². The van der Waals surface area contributed by atoms with Crippen LogP contribution in [-0.4, -0.2) is 33.4 Å². The molecule has 0 amide bonds. The average Bonchev–Trinajstić information content (AvgIpc) is 2.14. The van der Waals surface area contributed by atoms with Crippen LogP contribution in [0.1, 0.15) is 40.0 Å². The fourth-order valence-corrected chi connectivity index (χ4v) is 2.07. The van der Waals surface area contributed by atoms with Crippen LogP contribution in [-0.2, 0) is 23.8 Å². The molecule has 0 aliphatic heterocycles. The third-order valence-electron chi connectivity index (χ3n) is 2.37. The van der Waals surface area contributed by atoms with E-state index in [2.05, 4.69) is 0 Å². The summed E-state index contributed by atoms with van der Waals surface area (Å²) in [5.74, 6) is -0.124. The van der Waals surface area contributed by atoms with E-state index in [0.29, 0.717) is 12.3 Å². The zero-order chi connectivity index (χ0) is 13.5. The predicted molar refractivity (Wildman–Crippen MR) is 65.0 cm³/mol. The summed E-state index contributed by atoms with van der Waals surface area (Å²) in [6.07, 6.45) is 1.78. The molecule has 6 heteroatoms. The summed E-state index contributed by atoms with van der Waals surface area (Å²) in [5, 5.41) is 0. The second-order valence-corrected chi connectivity index (χ2v) is 5.78. The second-order valence-electron chi connectivity index (χ2n) is 4.18. The van der Waals surface area contributed by atoms with Crippen LogP contribution in [0.2, 0.25) is 0 Å². The number of rotatable bonds is 8. The summed E-state index contributed by atoms with van der Waals surface area (Å²) >= 11 is 0. The highest BCUT2D eigenvalue weighted by molar-refractivity contribution is 7.86. The van der Waals surface area contributed by atoms with Gasteiger partial charge >= 0.3 is 5.97 Å². The summed E-state index contributed by atoms with van der Waals surface area (Å²) in [6, 6.07) is 0. The van der Waals surface area contributed by atoms with Gasteiger partial charge in [-0.3, -0.25) is 8.98 Å². The lowest BCUT2D eigenvalue weighted by Gasteiger charge is -2.18. The minimum absolute atomic E-state index is 0.0226. The summed E-state index contributed by atoms with van der Waals surface area (Å²) in [7, 11) is -3.55. The fraction of sp³-hybridized carbons (Fsp3) is 0.909. The van der Waals surface area contributed by atoms with Gasteiger partial charge in [0.1, 0.15) is 0 Å². The highest BCUT2D eigenvalue weighted by Crippen LogP contribution is 2.17. The molecular weight excluding hydrogens is 244 g/mol. The number of hydrogen-bond acceptors (Lipinski definition) is 5. The zero-order valence-corrected chi connectivity index (χ0v) is 11.7. The monoisotopic (exact) mass is 266 g/mol. The van der Waals surface area contributed by atoms with Gasteiger partial charge < -0.3 is 4.74 Å². The van der Waals surface area contributed by atoms with Crippen molar-refractivity contribution in [1.29, 1.82) is 0 Å². The number of carbonyl (C=O) groups excluding carboxylic acids is 1. The number of hydrogen-bond donors (Lipinski definition) is 0. The van der Waals surface area contributed by atoms with Crippen molar-refractivity contribution >= 4 is 16.1 Å². The maximum absolute atomic E-state index is 11.3. The Hall–Kier alpha value is -0.620. The van der Waals surface area contributed by atoms with Crippen molar-refractivity contribution in [2.75, 3.05) is 12.9 Å². The first-order valence-electron chi connectivity index (χ1n) is 5.82. The number of ether oxygens (including phenoxy) is 1. The van der Waals surface area contributed by atoms with Crippen LogP contribution in [0.15, 0.2) is 0 Å². The Balaban J connectivity index is 4.45. The molecule has 0 aromatic heterocycles. The van der Waals surface area contributed by atoms with Gasteiger partial charge in [0.15, 0.2) is 0 Å². The lowest BCUT2D eigenvalue weighted by atomic mass is 9.99. The topological polar surface area (TPSA) is 69.7 Å². The summed E-state index contributed by atoms with van der Waals surface area (Å²) in [4.78, 5) is 11.3. The molecule has 0 saturated heterocycles. The molecule has 0 fully saturated rings. The molecule has 5 nitrogen and oxygen atoms in total. The van der Waals surface area contributed by atoms with E-state index >= 15 is 0 Å². The summed E-state index contributed by atoms with van der Waals surface area (Å²) in [5.41, 5.74) is 0. The van der Waals surface area contributed by atoms with Gasteiger partial charge in [-0.2, -0.15) is 8.42 Å². The van der Waals surface area contributed by atoms with Gasteiger partial charge in [-0.1, -0.05) is 20.3 Å². The quantitative estimate of drug-likeness (QED) is 0.494. The van der Waals surface area contributed by atoms with E-state index < -0.39 is 22.2 Å². The lowest BCUT2D eigenvalue weighted by Crippen LogP contribution is -2.24. The maximum Gasteiger partial charge on any atom is 0.308 e. The normalized spacial score (nSPS) is 15.3. The van der Waals surface area contributed by atoms with E-state index in [9.17, 15) is 13.2 Å². The van der Waals surface area contributed by atoms with Crippen molar-refractivity contribution in [3.05, 3.63) is 0 Å². The fourth-order valence-electron chi connectivity index (χ4n) is 1.43. The molecule has 0 N–H and O–H groups in total. The Morgan fingerprint density at radius 1 is 1.29 bits per heavy atom. The Morgan fingerprint density at radius 2 is 1.88 bits per heavy atom. The standard InChI is InChI=1S/C11H22O5S/c1-5-9(3)7-10(16-17(4,13)14)8-11(12)15-6-2/h9-10H,5-8H2,1-4H3/t9-,10?/m1/s1. The van der Waals surface area contributed by atoms with E-state index in [1.54, 1.807) is 6.92 Å². The minimum Gasteiger partial charge on any atom is -0.466 e. The van der Waals surface area contributed by atoms with Crippen molar-refractivity contribution < 1.29 is 22.1 Å². The molecule has 0 aromatic rings. The minimum atomic E-state index is -3.55. The Bertz CT molecular complexity index is 323. The number of carbonyl (C=O) groups is 1. The van der Waals surface area contributed by atoms with Crippen LogP contribution in [0.25, 0.3) is 0 Å². The average molecular weight is 266 g/mol. The first-order valence-corrected chi connectivity index (χ1v) is 7.64. The van der Waals surface area contributed by atoms with Crippen LogP contribution in [0, 0.1) is 5.92 Å². The Labute approximate surface area is 104 Å². The van der Waals surface area contributed by atoms with Crippen LogP contribution in [0.3, 0.4) is 0 Å². The van der Waals surface area contributed by atoms with E-state index in [4.69, 9.17) is 8.92 Å². The summed E-state index contributed by atoms with van der Waals surface area (Å²) < 4.78 is 31.8. The summed E-state index contributed by atoms with van der Waals surface area (Å²) in [6.45, 7) is 5.99. The molecule has 0 heterocycles. The van der Waals surface area contributed by atoms with Gasteiger partial charge in [-0.15, -0.1) is 0 Å². The van der Waals surface area contributed by atoms with E-state index in [-0.39, 0.29) is 13.0 Å². The van der Waals surface area contributed by atoms with Gasteiger partial charge in [0.2, 0.25) is 0 Å². The largest absolute Gasteiger partial charge is 0.466 e. The van der Waals surface area contributed by atoms with E-state index in [1.165, 1.54) is 0 Å². The second kappa shape index (κ2) is 7.66. The van der Waals surface area contributed by atoms with Gasteiger partial charge in [0, 0.05) is 0 Å². The maximum atomic E-state index is 11.3. The third kappa shape index (κ3) is 9.12. The molecule has 2 atom stereocenters. The molecule has 0 aliphatic rings. The molecule has 0 spiro atoms. The first kappa shape index (κ1) is 16.4. The molecule has 0 aromatic carbocycles. The molecule has 17 heavy (non-hydrogen) atoms. The SMILES string of the molecule is CCOC(=O)CC(C[C@H](C)CC)OS(C)(=O)=O. The van der Waals surface area contributed by atoms with Crippen molar-refractivity contribution in [2.24, 2.45) is 5.92 Å². The van der Waals surface area contributed by atoms with Crippen molar-refractivity contribution in [3.63, 3.8) is 0 Å². The zero-order valence-electron chi connectivity index (χ0n) is 10.9. The van der Waals surface area contributed by atoms with Crippen molar-refractivity contribution in [1.82, 2.24) is 0 Å². The predicted octanol–water partition coefficient (Wildman–Crippen LogP) is 1.72. The molecule has 0 bridgehead atoms. The van der Waals surface area contributed by atoms with Crippen LogP contribution >= 0.6 is 0 Å². The van der Waals surface area contributed by atoms with Gasteiger partial charge in [0.05, 0.1) is 25.4 Å². The molecule has 0 aliphatic carbocycles. The first-order chi connectivity index (χ1) is 7.78. The molecular formula is C11H22O5S. The van der Waals surface area contributed by atoms with Crippen LogP contribution in [0.4, 0.5) is 0 Å². The highest BCUT2D eigenvalue weighted by Gasteiger charge is 2.21. The van der Waals surface area contributed by atoms with Gasteiger partial charge in [-0.25, -0.2) is 0 Å². The molecule has 0 radical (unpaired) electrons. The van der Waals surface area contributed by atoms with E-state index in [0.717, 1.165) is 12.7 Å². The number of esters is 1. The molecule has 1 unspecified atom stereocenters. The molecule has 0 rings (SSSR count). The highest BCUT2D eigenvalue weighted by atomic mass is 32.2. The molecule has 0 saturated carbocycles.